The highest BCUT2D eigenvalue weighted by atomic mass is 35.5. The van der Waals surface area contributed by atoms with Gasteiger partial charge < -0.3 is 14.8 Å². The number of carbonyl (C=O) groups excluding carboxylic acids is 1. The summed E-state index contributed by atoms with van der Waals surface area (Å²) in [5, 5.41) is 16.7. The van der Waals surface area contributed by atoms with Crippen molar-refractivity contribution in [3.05, 3.63) is 29.1 Å². The monoisotopic (exact) mass is 421 g/mol. The van der Waals surface area contributed by atoms with Crippen LogP contribution in [0.1, 0.15) is 74.2 Å². The van der Waals surface area contributed by atoms with Gasteiger partial charge in [0.1, 0.15) is 11.6 Å². The van der Waals surface area contributed by atoms with E-state index in [1.165, 1.54) is 0 Å². The Kier molecular flexibility index (Phi) is 6.33. The van der Waals surface area contributed by atoms with Gasteiger partial charge in [-0.3, -0.25) is 9.48 Å². The van der Waals surface area contributed by atoms with Crippen molar-refractivity contribution in [3.63, 3.8) is 0 Å². The molecule has 1 amide bonds. The minimum atomic E-state index is -0.126. The summed E-state index contributed by atoms with van der Waals surface area (Å²) in [4.78, 5) is 15.2. The van der Waals surface area contributed by atoms with Crippen LogP contribution in [0.4, 0.5) is 0 Å². The first-order valence-corrected chi connectivity index (χ1v) is 10.4. The lowest BCUT2D eigenvalue weighted by molar-refractivity contribution is 0.0708. The fraction of sp³-hybridized carbons (Fsp3) is 0.700. The molecular weight excluding hydrogens is 390 g/mol. The third-order valence-electron chi connectivity index (χ3n) is 5.87. The lowest BCUT2D eigenvalue weighted by atomic mass is 9.95. The quantitative estimate of drug-likeness (QED) is 0.822. The lowest BCUT2D eigenvalue weighted by Gasteiger charge is -2.32. The van der Waals surface area contributed by atoms with Crippen LogP contribution in [0.25, 0.3) is 0 Å². The second-order valence-corrected chi connectivity index (χ2v) is 8.81. The zero-order valence-electron chi connectivity index (χ0n) is 17.8. The van der Waals surface area contributed by atoms with Crippen LogP contribution in [0.15, 0.2) is 6.20 Å². The number of carbonyl (C=O) groups is 1. The van der Waals surface area contributed by atoms with Gasteiger partial charge in [-0.2, -0.15) is 5.10 Å². The van der Waals surface area contributed by atoms with E-state index in [-0.39, 0.29) is 23.9 Å². The van der Waals surface area contributed by atoms with E-state index in [1.54, 1.807) is 6.20 Å². The number of halogens is 1. The van der Waals surface area contributed by atoms with Gasteiger partial charge in [-0.1, -0.05) is 6.92 Å². The Labute approximate surface area is 178 Å². The molecule has 0 bridgehead atoms. The molecule has 29 heavy (non-hydrogen) atoms. The molecule has 0 radical (unpaired) electrons. The minimum Gasteiger partial charge on any atom is -0.338 e. The van der Waals surface area contributed by atoms with Crippen LogP contribution in [0, 0.1) is 0 Å². The highest BCUT2D eigenvalue weighted by Crippen LogP contribution is 2.29. The van der Waals surface area contributed by atoms with Crippen molar-refractivity contribution in [2.24, 2.45) is 0 Å². The molecule has 0 aliphatic carbocycles. The molecule has 8 nitrogen and oxygen atoms in total. The molecule has 160 valence electrons. The second kappa shape index (κ2) is 8.44. The number of piperidine rings is 1. The standard InChI is InChI=1S/C20H31N7O.ClH/c1-5-16-15(12-22-27(16)20(2,3)4)19(28)25-9-6-14(7-10-25)18-24-23-17-13-21-8-11-26(17)18;/h12,14,21H,5-11,13H2,1-4H3;1H. The second-order valence-electron chi connectivity index (χ2n) is 8.81. The summed E-state index contributed by atoms with van der Waals surface area (Å²) in [7, 11) is 0. The van der Waals surface area contributed by atoms with Crippen molar-refractivity contribution < 1.29 is 4.79 Å². The van der Waals surface area contributed by atoms with Gasteiger partial charge in [0.2, 0.25) is 0 Å². The van der Waals surface area contributed by atoms with Crippen molar-refractivity contribution in [2.45, 2.75) is 71.5 Å². The summed E-state index contributed by atoms with van der Waals surface area (Å²) >= 11 is 0. The molecule has 2 aliphatic heterocycles. The molecular formula is C20H32ClN7O. The van der Waals surface area contributed by atoms with E-state index in [0.29, 0.717) is 5.92 Å². The molecule has 2 aromatic heterocycles. The summed E-state index contributed by atoms with van der Waals surface area (Å²) < 4.78 is 4.25. The van der Waals surface area contributed by atoms with Gasteiger partial charge in [-0.05, 0) is 40.0 Å². The van der Waals surface area contributed by atoms with Crippen molar-refractivity contribution in [1.29, 1.82) is 0 Å². The highest BCUT2D eigenvalue weighted by molar-refractivity contribution is 5.95. The van der Waals surface area contributed by atoms with E-state index < -0.39 is 0 Å². The number of nitrogens with zero attached hydrogens (tertiary/aromatic N) is 6. The molecule has 0 saturated carbocycles. The topological polar surface area (TPSA) is 80.9 Å². The molecule has 0 spiro atoms. The number of fused-ring (bicyclic) bond motifs is 1. The van der Waals surface area contributed by atoms with Gasteiger partial charge in [0.25, 0.3) is 5.91 Å². The first-order valence-electron chi connectivity index (χ1n) is 10.4. The molecule has 2 aromatic rings. The fourth-order valence-electron chi connectivity index (χ4n) is 4.40. The first-order chi connectivity index (χ1) is 13.4. The summed E-state index contributed by atoms with van der Waals surface area (Å²) in [5.74, 6) is 2.62. The number of amides is 1. The van der Waals surface area contributed by atoms with Gasteiger partial charge in [0.05, 0.1) is 29.5 Å². The van der Waals surface area contributed by atoms with Crippen LogP contribution in [-0.4, -0.2) is 55.0 Å². The summed E-state index contributed by atoms with van der Waals surface area (Å²) in [6.45, 7) is 12.7. The molecule has 4 rings (SSSR count). The molecule has 1 fully saturated rings. The van der Waals surface area contributed by atoms with Gasteiger partial charge in [-0.25, -0.2) is 0 Å². The number of rotatable bonds is 3. The fourth-order valence-corrected chi connectivity index (χ4v) is 4.40. The van der Waals surface area contributed by atoms with Crippen LogP contribution >= 0.6 is 12.4 Å². The van der Waals surface area contributed by atoms with Crippen LogP contribution in [0.5, 0.6) is 0 Å². The minimum absolute atomic E-state index is 0. The van der Waals surface area contributed by atoms with E-state index >= 15 is 0 Å². The highest BCUT2D eigenvalue weighted by Gasteiger charge is 2.31. The number of aromatic nitrogens is 5. The maximum atomic E-state index is 13.2. The average molecular weight is 422 g/mol. The van der Waals surface area contributed by atoms with E-state index in [0.717, 1.165) is 74.9 Å². The van der Waals surface area contributed by atoms with E-state index in [2.05, 4.69) is 52.9 Å². The smallest absolute Gasteiger partial charge is 0.257 e. The van der Waals surface area contributed by atoms with E-state index in [4.69, 9.17) is 0 Å². The number of nitrogens with one attached hydrogen (secondary N) is 1. The van der Waals surface area contributed by atoms with Crippen molar-refractivity contribution >= 4 is 18.3 Å². The third kappa shape index (κ3) is 4.05. The normalized spacial score (nSPS) is 17.7. The Balaban J connectivity index is 0.00000240. The third-order valence-corrected chi connectivity index (χ3v) is 5.87. The molecule has 9 heteroatoms. The van der Waals surface area contributed by atoms with Crippen molar-refractivity contribution in [2.75, 3.05) is 19.6 Å². The molecule has 4 heterocycles. The Morgan fingerprint density at radius 2 is 1.93 bits per heavy atom. The SMILES string of the molecule is CCc1c(C(=O)N2CCC(c3nnc4n3CCNC4)CC2)cnn1C(C)(C)C.Cl. The largest absolute Gasteiger partial charge is 0.338 e. The molecule has 0 atom stereocenters. The van der Waals surface area contributed by atoms with Crippen LogP contribution in [-0.2, 0) is 25.0 Å². The summed E-state index contributed by atoms with van der Waals surface area (Å²) in [5.41, 5.74) is 1.65. The van der Waals surface area contributed by atoms with Crippen LogP contribution < -0.4 is 5.32 Å². The maximum Gasteiger partial charge on any atom is 0.257 e. The zero-order chi connectivity index (χ0) is 19.9. The Hall–Kier alpha value is -1.93. The van der Waals surface area contributed by atoms with Crippen molar-refractivity contribution in [1.82, 2.24) is 34.8 Å². The van der Waals surface area contributed by atoms with Crippen molar-refractivity contribution in [3.8, 4) is 0 Å². The predicted octanol–water partition coefficient (Wildman–Crippen LogP) is 2.34. The molecule has 1 saturated heterocycles. The molecule has 0 unspecified atom stereocenters. The van der Waals surface area contributed by atoms with E-state index in [1.807, 2.05) is 9.58 Å². The Morgan fingerprint density at radius 3 is 2.59 bits per heavy atom. The van der Waals surface area contributed by atoms with Gasteiger partial charge in [0.15, 0.2) is 0 Å². The summed E-state index contributed by atoms with van der Waals surface area (Å²) in [6, 6.07) is 0. The molecule has 2 aliphatic rings. The van der Waals surface area contributed by atoms with Crippen LogP contribution in [0.2, 0.25) is 0 Å². The van der Waals surface area contributed by atoms with Gasteiger partial charge in [-0.15, -0.1) is 22.6 Å². The van der Waals surface area contributed by atoms with Crippen LogP contribution in [0.3, 0.4) is 0 Å². The summed E-state index contributed by atoms with van der Waals surface area (Å²) in [6.07, 6.45) is 4.42. The predicted molar refractivity (Wildman–Crippen MR) is 113 cm³/mol. The average Bonchev–Trinajstić information content (AvgIpc) is 3.31. The zero-order valence-corrected chi connectivity index (χ0v) is 18.6. The first kappa shape index (κ1) is 21.8. The van der Waals surface area contributed by atoms with E-state index in [9.17, 15) is 4.79 Å². The molecule has 1 N–H and O–H groups in total. The number of hydrogen-bond donors (Lipinski definition) is 1. The van der Waals surface area contributed by atoms with Gasteiger partial charge >= 0.3 is 0 Å². The number of hydrogen-bond acceptors (Lipinski definition) is 5. The maximum absolute atomic E-state index is 13.2. The molecule has 0 aromatic carbocycles. The number of likely N-dealkylation sites (tertiary alicyclic amines) is 1. The Bertz CT molecular complexity index is 859. The lowest BCUT2D eigenvalue weighted by Crippen LogP contribution is -2.39. The Morgan fingerprint density at radius 1 is 1.21 bits per heavy atom. The van der Waals surface area contributed by atoms with Gasteiger partial charge in [0, 0.05) is 32.1 Å².